The molecule has 0 unspecified atom stereocenters. The molecule has 1 aliphatic rings. The fraction of sp³-hybridized carbons (Fsp3) is 0.875. The van der Waals surface area contributed by atoms with Gasteiger partial charge >= 0.3 is 0 Å². The van der Waals surface area contributed by atoms with Crippen LogP contribution in [0.5, 0.6) is 0 Å². The molecule has 0 spiro atoms. The van der Waals surface area contributed by atoms with Gasteiger partial charge in [-0.1, -0.05) is 67.2 Å². The van der Waals surface area contributed by atoms with Gasteiger partial charge in [0.2, 0.25) is 0 Å². The third-order valence-electron chi connectivity index (χ3n) is 4.49. The molecule has 1 heterocycles. The van der Waals surface area contributed by atoms with Crippen molar-refractivity contribution in [2.75, 3.05) is 0 Å². The SMILES string of the molecule is CCCC(CCC)C(C)(C)CC(C)(C)C1=CNNN1. The number of rotatable bonds is 8. The lowest BCUT2D eigenvalue weighted by Crippen LogP contribution is -2.38. The van der Waals surface area contributed by atoms with Crippen LogP contribution in [0.1, 0.15) is 73.6 Å². The number of hydrazine groups is 2. The topological polar surface area (TPSA) is 36.1 Å². The van der Waals surface area contributed by atoms with E-state index < -0.39 is 0 Å². The second-order valence-electron chi connectivity index (χ2n) is 7.28. The second kappa shape index (κ2) is 6.65. The zero-order valence-corrected chi connectivity index (χ0v) is 13.7. The van der Waals surface area contributed by atoms with Crippen LogP contribution in [0.15, 0.2) is 11.9 Å². The molecule has 0 saturated carbocycles. The lowest BCUT2D eigenvalue weighted by Gasteiger charge is -2.41. The Balaban J connectivity index is 2.74. The van der Waals surface area contributed by atoms with Gasteiger partial charge in [0.15, 0.2) is 0 Å². The Morgan fingerprint density at radius 2 is 1.63 bits per heavy atom. The molecule has 0 fully saturated rings. The summed E-state index contributed by atoms with van der Waals surface area (Å²) < 4.78 is 0. The average molecular weight is 267 g/mol. The fourth-order valence-electron chi connectivity index (χ4n) is 3.61. The quantitative estimate of drug-likeness (QED) is 0.619. The number of hydrogen-bond acceptors (Lipinski definition) is 3. The molecule has 3 N–H and O–H groups in total. The molecule has 0 bridgehead atoms. The molecule has 3 nitrogen and oxygen atoms in total. The Labute approximate surface area is 119 Å². The van der Waals surface area contributed by atoms with Gasteiger partial charge < -0.3 is 10.9 Å². The Morgan fingerprint density at radius 3 is 2.05 bits per heavy atom. The van der Waals surface area contributed by atoms with Gasteiger partial charge in [0.05, 0.1) is 5.70 Å². The molecule has 112 valence electrons. The van der Waals surface area contributed by atoms with Gasteiger partial charge in [-0.05, 0) is 17.8 Å². The molecule has 0 saturated heterocycles. The summed E-state index contributed by atoms with van der Waals surface area (Å²) in [4.78, 5) is 0. The molecular formula is C16H33N3. The molecule has 0 radical (unpaired) electrons. The van der Waals surface area contributed by atoms with E-state index in [0.717, 1.165) is 5.92 Å². The third kappa shape index (κ3) is 4.41. The third-order valence-corrected chi connectivity index (χ3v) is 4.49. The van der Waals surface area contributed by atoms with Crippen molar-refractivity contribution in [1.29, 1.82) is 0 Å². The predicted molar refractivity (Wildman–Crippen MR) is 83.0 cm³/mol. The van der Waals surface area contributed by atoms with E-state index in [9.17, 15) is 0 Å². The molecule has 0 aliphatic carbocycles. The summed E-state index contributed by atoms with van der Waals surface area (Å²) in [6, 6.07) is 0. The molecule has 19 heavy (non-hydrogen) atoms. The van der Waals surface area contributed by atoms with Crippen LogP contribution in [0.2, 0.25) is 0 Å². The summed E-state index contributed by atoms with van der Waals surface area (Å²) >= 11 is 0. The van der Waals surface area contributed by atoms with Crippen LogP contribution in [0.25, 0.3) is 0 Å². The van der Waals surface area contributed by atoms with Crippen molar-refractivity contribution in [3.63, 3.8) is 0 Å². The maximum absolute atomic E-state index is 3.22. The van der Waals surface area contributed by atoms with E-state index in [2.05, 4.69) is 57.9 Å². The lowest BCUT2D eigenvalue weighted by molar-refractivity contribution is 0.118. The van der Waals surface area contributed by atoms with Crippen LogP contribution in [0, 0.1) is 16.7 Å². The van der Waals surface area contributed by atoms with E-state index in [4.69, 9.17) is 0 Å². The normalized spacial score (nSPS) is 16.3. The van der Waals surface area contributed by atoms with Crippen molar-refractivity contribution in [3.05, 3.63) is 11.9 Å². The Hall–Kier alpha value is -0.700. The van der Waals surface area contributed by atoms with Gasteiger partial charge in [0.25, 0.3) is 0 Å². The fourth-order valence-corrected chi connectivity index (χ4v) is 3.61. The molecule has 0 aromatic carbocycles. The molecule has 0 aromatic heterocycles. The number of nitrogens with one attached hydrogen (secondary N) is 3. The van der Waals surface area contributed by atoms with E-state index in [-0.39, 0.29) is 5.41 Å². The summed E-state index contributed by atoms with van der Waals surface area (Å²) in [5, 5.41) is 0. The van der Waals surface area contributed by atoms with Gasteiger partial charge in [-0.2, -0.15) is 5.53 Å². The molecule has 0 atom stereocenters. The zero-order chi connectivity index (χ0) is 14.5. The Morgan fingerprint density at radius 1 is 1.05 bits per heavy atom. The number of allylic oxidation sites excluding steroid dienone is 1. The van der Waals surface area contributed by atoms with Gasteiger partial charge in [-0.3, -0.25) is 0 Å². The number of hydrogen-bond donors (Lipinski definition) is 3. The van der Waals surface area contributed by atoms with Crippen molar-refractivity contribution in [1.82, 2.24) is 16.4 Å². The van der Waals surface area contributed by atoms with Crippen molar-refractivity contribution < 1.29 is 0 Å². The van der Waals surface area contributed by atoms with E-state index in [1.54, 1.807) is 0 Å². The minimum Gasteiger partial charge on any atom is -0.310 e. The van der Waals surface area contributed by atoms with E-state index in [1.807, 2.05) is 6.20 Å². The van der Waals surface area contributed by atoms with Gasteiger partial charge in [0, 0.05) is 11.6 Å². The van der Waals surface area contributed by atoms with Crippen molar-refractivity contribution in [2.24, 2.45) is 16.7 Å². The van der Waals surface area contributed by atoms with E-state index in [0.29, 0.717) is 5.41 Å². The van der Waals surface area contributed by atoms with Crippen LogP contribution in [-0.2, 0) is 0 Å². The minimum absolute atomic E-state index is 0.166. The summed E-state index contributed by atoms with van der Waals surface area (Å²) in [5.41, 5.74) is 11.0. The predicted octanol–water partition coefficient (Wildman–Crippen LogP) is 4.10. The van der Waals surface area contributed by atoms with Crippen molar-refractivity contribution in [3.8, 4) is 0 Å². The van der Waals surface area contributed by atoms with Crippen LogP contribution in [0.4, 0.5) is 0 Å². The molecule has 0 aromatic rings. The van der Waals surface area contributed by atoms with Gasteiger partial charge in [-0.25, -0.2) is 0 Å². The standard InChI is InChI=1S/C16H33N3/c1-7-9-13(10-8-2)15(3,4)12-16(5,6)14-11-17-19-18-14/h11,13,17-19H,7-10,12H2,1-6H3. The highest BCUT2D eigenvalue weighted by atomic mass is 15.6. The Bertz CT molecular complexity index is 299. The molecule has 0 amide bonds. The zero-order valence-electron chi connectivity index (χ0n) is 13.7. The maximum Gasteiger partial charge on any atom is 0.0507 e. The van der Waals surface area contributed by atoms with Gasteiger partial charge in [-0.15, -0.1) is 0 Å². The highest BCUT2D eigenvalue weighted by Gasteiger charge is 2.37. The molecular weight excluding hydrogens is 234 g/mol. The monoisotopic (exact) mass is 267 g/mol. The first-order valence-corrected chi connectivity index (χ1v) is 7.80. The summed E-state index contributed by atoms with van der Waals surface area (Å²) in [6.07, 6.45) is 8.52. The summed E-state index contributed by atoms with van der Waals surface area (Å²) in [5.74, 6) is 0.824. The largest absolute Gasteiger partial charge is 0.310 e. The van der Waals surface area contributed by atoms with Crippen LogP contribution < -0.4 is 16.4 Å². The van der Waals surface area contributed by atoms with E-state index in [1.165, 1.54) is 37.8 Å². The first-order chi connectivity index (χ1) is 8.83. The highest BCUT2D eigenvalue weighted by Crippen LogP contribution is 2.45. The van der Waals surface area contributed by atoms with Crippen LogP contribution in [0.3, 0.4) is 0 Å². The maximum atomic E-state index is 3.22. The summed E-state index contributed by atoms with van der Waals surface area (Å²) in [6.45, 7) is 14.2. The van der Waals surface area contributed by atoms with Crippen LogP contribution >= 0.6 is 0 Å². The second-order valence-corrected chi connectivity index (χ2v) is 7.28. The first kappa shape index (κ1) is 16.4. The summed E-state index contributed by atoms with van der Waals surface area (Å²) in [7, 11) is 0. The van der Waals surface area contributed by atoms with Gasteiger partial charge in [0.1, 0.15) is 0 Å². The molecule has 3 heteroatoms. The average Bonchev–Trinajstić information content (AvgIpc) is 2.81. The Kier molecular flexibility index (Phi) is 5.72. The highest BCUT2D eigenvalue weighted by molar-refractivity contribution is 5.12. The first-order valence-electron chi connectivity index (χ1n) is 7.80. The molecule has 1 rings (SSSR count). The van der Waals surface area contributed by atoms with E-state index >= 15 is 0 Å². The lowest BCUT2D eigenvalue weighted by atomic mass is 9.65. The van der Waals surface area contributed by atoms with Crippen LogP contribution in [-0.4, -0.2) is 0 Å². The molecule has 1 aliphatic heterocycles. The van der Waals surface area contributed by atoms with Crippen molar-refractivity contribution >= 4 is 0 Å². The smallest absolute Gasteiger partial charge is 0.0507 e. The van der Waals surface area contributed by atoms with Crippen molar-refractivity contribution in [2.45, 2.75) is 73.6 Å². The minimum atomic E-state index is 0.166.